The number of thiazole rings is 1. The van der Waals surface area contributed by atoms with E-state index in [-0.39, 0.29) is 6.04 Å². The topological polar surface area (TPSA) is 42.2 Å². The number of rotatable bonds is 4. The monoisotopic (exact) mass is 293 g/mol. The minimum absolute atomic E-state index is 0.181. The molecule has 112 valence electrons. The molecule has 2 aliphatic carbocycles. The fourth-order valence-corrected chi connectivity index (χ4v) is 4.43. The molecule has 0 radical (unpaired) electrons. The highest BCUT2D eigenvalue weighted by molar-refractivity contribution is 7.15. The van der Waals surface area contributed by atoms with E-state index >= 15 is 0 Å². The lowest BCUT2D eigenvalue weighted by Crippen LogP contribution is -2.30. The molecule has 1 fully saturated rings. The molecule has 4 heteroatoms. The average Bonchev–Trinajstić information content (AvgIpc) is 3.05. The van der Waals surface area contributed by atoms with E-state index in [0.717, 1.165) is 25.4 Å². The lowest BCUT2D eigenvalue weighted by Gasteiger charge is -2.32. The van der Waals surface area contributed by atoms with Crippen LogP contribution in [0, 0.1) is 11.3 Å². The Balaban J connectivity index is 1.88. The van der Waals surface area contributed by atoms with Gasteiger partial charge in [-0.2, -0.15) is 0 Å². The van der Waals surface area contributed by atoms with Crippen molar-refractivity contribution < 1.29 is 0 Å². The molecule has 0 saturated heterocycles. The van der Waals surface area contributed by atoms with Gasteiger partial charge in [0.05, 0.1) is 5.69 Å². The molecule has 1 saturated carbocycles. The third-order valence-corrected chi connectivity index (χ3v) is 5.53. The SMILES string of the molecule is CC(C)CN(c1nc2c(s1)C(N)CC(C)(C)C2)C1CC1. The van der Waals surface area contributed by atoms with Crippen molar-refractivity contribution in [2.45, 2.75) is 65.5 Å². The molecule has 2 N–H and O–H groups in total. The van der Waals surface area contributed by atoms with Gasteiger partial charge in [0, 0.05) is 23.5 Å². The Labute approximate surface area is 126 Å². The first-order valence-corrected chi connectivity index (χ1v) is 8.69. The number of fused-ring (bicyclic) bond motifs is 1. The number of nitrogens with zero attached hydrogens (tertiary/aromatic N) is 2. The van der Waals surface area contributed by atoms with E-state index in [0.29, 0.717) is 11.3 Å². The van der Waals surface area contributed by atoms with Crippen molar-refractivity contribution in [1.82, 2.24) is 4.98 Å². The number of aromatic nitrogens is 1. The molecule has 3 rings (SSSR count). The van der Waals surface area contributed by atoms with Crippen molar-refractivity contribution in [1.29, 1.82) is 0 Å². The number of anilines is 1. The highest BCUT2D eigenvalue weighted by Gasteiger charge is 2.36. The van der Waals surface area contributed by atoms with Gasteiger partial charge in [0.15, 0.2) is 5.13 Å². The number of hydrogen-bond acceptors (Lipinski definition) is 4. The second-order valence-corrected chi connectivity index (χ2v) is 8.75. The number of nitrogens with two attached hydrogens (primary N) is 1. The molecule has 1 atom stereocenters. The van der Waals surface area contributed by atoms with Gasteiger partial charge in [0.25, 0.3) is 0 Å². The van der Waals surface area contributed by atoms with Crippen molar-refractivity contribution in [2.24, 2.45) is 17.1 Å². The van der Waals surface area contributed by atoms with E-state index in [2.05, 4.69) is 32.6 Å². The van der Waals surface area contributed by atoms with Crippen molar-refractivity contribution in [3.63, 3.8) is 0 Å². The van der Waals surface area contributed by atoms with Crippen LogP contribution in [0.4, 0.5) is 5.13 Å². The first-order chi connectivity index (χ1) is 9.35. The third kappa shape index (κ3) is 2.86. The van der Waals surface area contributed by atoms with Gasteiger partial charge >= 0.3 is 0 Å². The van der Waals surface area contributed by atoms with E-state index in [1.54, 1.807) is 0 Å². The Morgan fingerprint density at radius 2 is 2.10 bits per heavy atom. The Morgan fingerprint density at radius 1 is 1.40 bits per heavy atom. The van der Waals surface area contributed by atoms with Crippen LogP contribution in [-0.2, 0) is 6.42 Å². The summed E-state index contributed by atoms with van der Waals surface area (Å²) >= 11 is 1.85. The fraction of sp³-hybridized carbons (Fsp3) is 0.812. The zero-order chi connectivity index (χ0) is 14.5. The molecular formula is C16H27N3S. The first kappa shape index (κ1) is 14.3. The predicted molar refractivity (Wildman–Crippen MR) is 86.4 cm³/mol. The molecule has 1 aromatic rings. The van der Waals surface area contributed by atoms with E-state index in [4.69, 9.17) is 10.7 Å². The maximum Gasteiger partial charge on any atom is 0.186 e. The van der Waals surface area contributed by atoms with Crippen LogP contribution >= 0.6 is 11.3 Å². The molecule has 0 aromatic carbocycles. The second kappa shape index (κ2) is 4.99. The van der Waals surface area contributed by atoms with E-state index in [1.807, 2.05) is 11.3 Å². The molecule has 1 heterocycles. The quantitative estimate of drug-likeness (QED) is 0.919. The zero-order valence-electron chi connectivity index (χ0n) is 13.1. The van der Waals surface area contributed by atoms with Gasteiger partial charge in [0.1, 0.15) is 0 Å². The molecule has 2 aliphatic rings. The van der Waals surface area contributed by atoms with Crippen LogP contribution in [0.3, 0.4) is 0 Å². The molecule has 1 aromatic heterocycles. The largest absolute Gasteiger partial charge is 0.345 e. The Kier molecular flexibility index (Phi) is 3.57. The van der Waals surface area contributed by atoms with Gasteiger partial charge in [-0.05, 0) is 37.0 Å². The molecule has 0 bridgehead atoms. The summed E-state index contributed by atoms with van der Waals surface area (Å²) in [4.78, 5) is 8.85. The van der Waals surface area contributed by atoms with Crippen LogP contribution in [0.1, 0.15) is 63.6 Å². The minimum atomic E-state index is 0.181. The molecule has 0 amide bonds. The third-order valence-electron chi connectivity index (χ3n) is 4.27. The normalized spacial score (nSPS) is 24.8. The first-order valence-electron chi connectivity index (χ1n) is 7.87. The zero-order valence-corrected chi connectivity index (χ0v) is 14.0. The van der Waals surface area contributed by atoms with E-state index < -0.39 is 0 Å². The summed E-state index contributed by atoms with van der Waals surface area (Å²) in [6, 6.07) is 0.911. The Hall–Kier alpha value is -0.610. The standard InChI is InChI=1S/C16H27N3S/c1-10(2)9-19(11-5-6-11)15-18-13-8-16(3,4)7-12(17)14(13)20-15/h10-12H,5-9,17H2,1-4H3. The lowest BCUT2D eigenvalue weighted by atomic mass is 9.77. The molecule has 3 nitrogen and oxygen atoms in total. The molecule has 0 aliphatic heterocycles. The van der Waals surface area contributed by atoms with Crippen molar-refractivity contribution in [3.05, 3.63) is 10.6 Å². The predicted octanol–water partition coefficient (Wildman–Crippen LogP) is 3.74. The van der Waals surface area contributed by atoms with Crippen LogP contribution in [0.5, 0.6) is 0 Å². The highest BCUT2D eigenvalue weighted by atomic mass is 32.1. The Bertz CT molecular complexity index is 488. The van der Waals surface area contributed by atoms with Crippen molar-refractivity contribution >= 4 is 16.5 Å². The minimum Gasteiger partial charge on any atom is -0.345 e. The summed E-state index contributed by atoms with van der Waals surface area (Å²) in [7, 11) is 0. The summed E-state index contributed by atoms with van der Waals surface area (Å²) in [5, 5.41) is 1.22. The second-order valence-electron chi connectivity index (χ2n) is 7.74. The molecule has 1 unspecified atom stereocenters. The van der Waals surface area contributed by atoms with Crippen LogP contribution in [0.15, 0.2) is 0 Å². The van der Waals surface area contributed by atoms with Gasteiger partial charge in [-0.1, -0.05) is 39.0 Å². The van der Waals surface area contributed by atoms with Gasteiger partial charge in [0.2, 0.25) is 0 Å². The average molecular weight is 293 g/mol. The summed E-state index contributed by atoms with van der Waals surface area (Å²) in [6.45, 7) is 10.3. The van der Waals surface area contributed by atoms with E-state index in [1.165, 1.54) is 28.5 Å². The summed E-state index contributed by atoms with van der Waals surface area (Å²) < 4.78 is 0. The maximum atomic E-state index is 6.38. The Morgan fingerprint density at radius 3 is 2.70 bits per heavy atom. The molecular weight excluding hydrogens is 266 g/mol. The fourth-order valence-electron chi connectivity index (χ4n) is 3.27. The van der Waals surface area contributed by atoms with Gasteiger partial charge in [-0.15, -0.1) is 0 Å². The maximum absolute atomic E-state index is 6.38. The van der Waals surface area contributed by atoms with Gasteiger partial charge in [-0.25, -0.2) is 4.98 Å². The molecule has 20 heavy (non-hydrogen) atoms. The van der Waals surface area contributed by atoms with Crippen LogP contribution in [0.25, 0.3) is 0 Å². The van der Waals surface area contributed by atoms with Crippen molar-refractivity contribution in [3.8, 4) is 0 Å². The smallest absolute Gasteiger partial charge is 0.186 e. The number of hydrogen-bond donors (Lipinski definition) is 1. The van der Waals surface area contributed by atoms with Crippen LogP contribution in [-0.4, -0.2) is 17.6 Å². The van der Waals surface area contributed by atoms with Gasteiger partial charge in [-0.3, -0.25) is 0 Å². The summed E-state index contributed by atoms with van der Waals surface area (Å²) in [5.74, 6) is 0.682. The van der Waals surface area contributed by atoms with Crippen LogP contribution < -0.4 is 10.6 Å². The highest BCUT2D eigenvalue weighted by Crippen LogP contribution is 2.45. The summed E-state index contributed by atoms with van der Waals surface area (Å²) in [6.07, 6.45) is 4.81. The molecule has 0 spiro atoms. The van der Waals surface area contributed by atoms with Crippen molar-refractivity contribution in [2.75, 3.05) is 11.4 Å². The van der Waals surface area contributed by atoms with Gasteiger partial charge < -0.3 is 10.6 Å². The lowest BCUT2D eigenvalue weighted by molar-refractivity contribution is 0.282. The van der Waals surface area contributed by atoms with E-state index in [9.17, 15) is 0 Å². The summed E-state index contributed by atoms with van der Waals surface area (Å²) in [5.41, 5.74) is 7.94. The van der Waals surface area contributed by atoms with Crippen LogP contribution in [0.2, 0.25) is 0 Å².